The number of nitrogens with zero attached hydrogens (tertiary/aromatic N) is 1. The standard InChI is InChI=1S/C15H28N2OS/c1-3-8-17-15(12-16)7-4-5-14(15)6-9-19-11-13(2)10-18/h13-14,17-18H,3-11H2,1-2H3. The predicted molar refractivity (Wildman–Crippen MR) is 82.2 cm³/mol. The highest BCUT2D eigenvalue weighted by molar-refractivity contribution is 7.99. The lowest BCUT2D eigenvalue weighted by molar-refractivity contribution is 0.250. The second-order valence-electron chi connectivity index (χ2n) is 5.75. The van der Waals surface area contributed by atoms with E-state index in [-0.39, 0.29) is 12.1 Å². The predicted octanol–water partition coefficient (Wildman–Crippen LogP) is 2.80. The van der Waals surface area contributed by atoms with Crippen molar-refractivity contribution >= 4 is 11.8 Å². The van der Waals surface area contributed by atoms with Crippen molar-refractivity contribution in [3.8, 4) is 6.07 Å². The highest BCUT2D eigenvalue weighted by atomic mass is 32.2. The van der Waals surface area contributed by atoms with E-state index < -0.39 is 0 Å². The van der Waals surface area contributed by atoms with Gasteiger partial charge in [0.25, 0.3) is 0 Å². The summed E-state index contributed by atoms with van der Waals surface area (Å²) < 4.78 is 0. The molecule has 1 aliphatic rings. The van der Waals surface area contributed by atoms with E-state index in [2.05, 4.69) is 25.2 Å². The number of nitrogens with one attached hydrogen (secondary N) is 1. The van der Waals surface area contributed by atoms with Gasteiger partial charge in [-0.1, -0.05) is 20.3 Å². The van der Waals surface area contributed by atoms with Gasteiger partial charge in [0.15, 0.2) is 0 Å². The van der Waals surface area contributed by atoms with Gasteiger partial charge in [0, 0.05) is 6.61 Å². The molecule has 3 atom stereocenters. The zero-order chi connectivity index (χ0) is 14.1. The molecule has 1 aliphatic carbocycles. The Morgan fingerprint density at radius 1 is 1.58 bits per heavy atom. The first-order chi connectivity index (χ1) is 9.18. The van der Waals surface area contributed by atoms with Crippen LogP contribution in [0.4, 0.5) is 0 Å². The first-order valence-corrected chi connectivity index (χ1v) is 8.69. The number of aliphatic hydroxyl groups is 1. The molecular formula is C15H28N2OS. The Kier molecular flexibility index (Phi) is 7.82. The zero-order valence-corrected chi connectivity index (χ0v) is 13.1. The van der Waals surface area contributed by atoms with E-state index in [1.807, 2.05) is 11.8 Å². The molecule has 4 heteroatoms. The third-order valence-corrected chi connectivity index (χ3v) is 5.36. The lowest BCUT2D eigenvalue weighted by Gasteiger charge is -2.30. The van der Waals surface area contributed by atoms with Gasteiger partial charge in [-0.2, -0.15) is 17.0 Å². The molecule has 2 N–H and O–H groups in total. The minimum absolute atomic E-state index is 0.265. The van der Waals surface area contributed by atoms with Crippen molar-refractivity contribution in [1.82, 2.24) is 5.32 Å². The Morgan fingerprint density at radius 3 is 3.00 bits per heavy atom. The van der Waals surface area contributed by atoms with Crippen LogP contribution in [0.5, 0.6) is 0 Å². The van der Waals surface area contributed by atoms with Gasteiger partial charge in [0.05, 0.1) is 6.07 Å². The Hall–Kier alpha value is -0.240. The Morgan fingerprint density at radius 2 is 2.37 bits per heavy atom. The third kappa shape index (κ3) is 4.98. The third-order valence-electron chi connectivity index (χ3n) is 4.04. The second kappa shape index (κ2) is 8.84. The first-order valence-electron chi connectivity index (χ1n) is 7.53. The maximum atomic E-state index is 9.54. The molecule has 0 aromatic heterocycles. The molecule has 3 unspecified atom stereocenters. The van der Waals surface area contributed by atoms with Crippen LogP contribution >= 0.6 is 11.8 Å². The Balaban J connectivity index is 2.36. The van der Waals surface area contributed by atoms with Crippen LogP contribution < -0.4 is 5.32 Å². The van der Waals surface area contributed by atoms with Crippen molar-refractivity contribution < 1.29 is 5.11 Å². The van der Waals surface area contributed by atoms with Crippen LogP contribution in [0.25, 0.3) is 0 Å². The molecule has 1 saturated carbocycles. The van der Waals surface area contributed by atoms with Gasteiger partial charge < -0.3 is 5.11 Å². The molecule has 0 bridgehead atoms. The van der Waals surface area contributed by atoms with E-state index in [1.165, 1.54) is 12.8 Å². The van der Waals surface area contributed by atoms with Crippen molar-refractivity contribution in [2.45, 2.75) is 51.5 Å². The number of thioether (sulfide) groups is 1. The van der Waals surface area contributed by atoms with Gasteiger partial charge in [-0.05, 0) is 55.6 Å². The molecule has 0 heterocycles. The molecule has 0 amide bonds. The largest absolute Gasteiger partial charge is 0.396 e. The SMILES string of the molecule is CCCNC1(C#N)CCCC1CCSCC(C)CO. The van der Waals surface area contributed by atoms with Gasteiger partial charge in [-0.15, -0.1) is 0 Å². The van der Waals surface area contributed by atoms with Crippen molar-refractivity contribution in [3.63, 3.8) is 0 Å². The summed E-state index contributed by atoms with van der Waals surface area (Å²) in [5.74, 6) is 3.01. The van der Waals surface area contributed by atoms with Crippen molar-refractivity contribution in [3.05, 3.63) is 0 Å². The average Bonchev–Trinajstić information content (AvgIpc) is 2.84. The summed E-state index contributed by atoms with van der Waals surface area (Å²) in [6, 6.07) is 2.56. The normalized spacial score (nSPS) is 28.2. The smallest absolute Gasteiger partial charge is 0.109 e. The van der Waals surface area contributed by atoms with Crippen LogP contribution in [0.3, 0.4) is 0 Å². The van der Waals surface area contributed by atoms with E-state index >= 15 is 0 Å². The number of hydrogen-bond acceptors (Lipinski definition) is 4. The summed E-state index contributed by atoms with van der Waals surface area (Å²) in [4.78, 5) is 0. The lowest BCUT2D eigenvalue weighted by atomic mass is 9.86. The average molecular weight is 284 g/mol. The van der Waals surface area contributed by atoms with Crippen LogP contribution in [0.2, 0.25) is 0 Å². The second-order valence-corrected chi connectivity index (χ2v) is 6.90. The summed E-state index contributed by atoms with van der Waals surface area (Å²) in [5.41, 5.74) is -0.265. The van der Waals surface area contributed by atoms with Gasteiger partial charge >= 0.3 is 0 Å². The topological polar surface area (TPSA) is 56.0 Å². The molecule has 0 spiro atoms. The summed E-state index contributed by atoms with van der Waals surface area (Å²) in [5, 5.41) is 22.0. The lowest BCUT2D eigenvalue weighted by Crippen LogP contribution is -2.47. The summed E-state index contributed by atoms with van der Waals surface area (Å²) in [7, 11) is 0. The number of aliphatic hydroxyl groups excluding tert-OH is 1. The fourth-order valence-electron chi connectivity index (χ4n) is 2.80. The van der Waals surface area contributed by atoms with Crippen molar-refractivity contribution in [2.75, 3.05) is 24.7 Å². The van der Waals surface area contributed by atoms with Gasteiger partial charge in [0.2, 0.25) is 0 Å². The van der Waals surface area contributed by atoms with E-state index in [0.29, 0.717) is 11.8 Å². The summed E-state index contributed by atoms with van der Waals surface area (Å²) in [6.07, 6.45) is 5.56. The molecule has 1 fully saturated rings. The highest BCUT2D eigenvalue weighted by Crippen LogP contribution is 2.38. The van der Waals surface area contributed by atoms with E-state index in [1.54, 1.807) is 0 Å². The maximum absolute atomic E-state index is 9.54. The molecular weight excluding hydrogens is 256 g/mol. The van der Waals surface area contributed by atoms with E-state index in [9.17, 15) is 5.26 Å². The fraction of sp³-hybridized carbons (Fsp3) is 0.933. The first kappa shape index (κ1) is 16.8. The quantitative estimate of drug-likeness (QED) is 0.639. The maximum Gasteiger partial charge on any atom is 0.109 e. The van der Waals surface area contributed by atoms with Crippen LogP contribution in [-0.4, -0.2) is 35.3 Å². The number of rotatable bonds is 9. The van der Waals surface area contributed by atoms with Crippen LogP contribution in [0, 0.1) is 23.2 Å². The molecule has 0 aromatic rings. The van der Waals surface area contributed by atoms with Crippen LogP contribution in [0.1, 0.15) is 46.0 Å². The summed E-state index contributed by atoms with van der Waals surface area (Å²) >= 11 is 1.91. The van der Waals surface area contributed by atoms with E-state index in [4.69, 9.17) is 5.11 Å². The summed E-state index contributed by atoms with van der Waals surface area (Å²) in [6.45, 7) is 5.44. The van der Waals surface area contributed by atoms with Crippen LogP contribution in [-0.2, 0) is 0 Å². The minimum atomic E-state index is -0.265. The van der Waals surface area contributed by atoms with Gasteiger partial charge in [0.1, 0.15) is 5.54 Å². The number of nitriles is 1. The highest BCUT2D eigenvalue weighted by Gasteiger charge is 2.42. The van der Waals surface area contributed by atoms with E-state index in [0.717, 1.165) is 37.3 Å². The molecule has 0 aliphatic heterocycles. The molecule has 0 radical (unpaired) electrons. The minimum Gasteiger partial charge on any atom is -0.396 e. The van der Waals surface area contributed by atoms with Gasteiger partial charge in [-0.25, -0.2) is 0 Å². The molecule has 0 aromatic carbocycles. The zero-order valence-electron chi connectivity index (χ0n) is 12.3. The monoisotopic (exact) mass is 284 g/mol. The number of hydrogen-bond donors (Lipinski definition) is 2. The Bertz CT molecular complexity index is 292. The van der Waals surface area contributed by atoms with Crippen LogP contribution in [0.15, 0.2) is 0 Å². The van der Waals surface area contributed by atoms with Crippen molar-refractivity contribution in [1.29, 1.82) is 5.26 Å². The molecule has 3 nitrogen and oxygen atoms in total. The molecule has 0 saturated heterocycles. The van der Waals surface area contributed by atoms with Crippen molar-refractivity contribution in [2.24, 2.45) is 11.8 Å². The molecule has 110 valence electrons. The van der Waals surface area contributed by atoms with Gasteiger partial charge in [-0.3, -0.25) is 5.32 Å². The molecule has 1 rings (SSSR count). The Labute approximate surface area is 122 Å². The fourth-order valence-corrected chi connectivity index (χ4v) is 3.92. The molecule has 19 heavy (non-hydrogen) atoms.